The van der Waals surface area contributed by atoms with E-state index in [1.165, 1.54) is 6.26 Å². The van der Waals surface area contributed by atoms with Crippen LogP contribution in [0, 0.1) is 0 Å². The largest absolute Gasteiger partial charge is 0.349 e. The van der Waals surface area contributed by atoms with Gasteiger partial charge in [-0.3, -0.25) is 0 Å². The Kier molecular flexibility index (Phi) is 4.01. The lowest BCUT2D eigenvalue weighted by atomic mass is 10.0. The molecule has 1 heterocycles. The lowest BCUT2D eigenvalue weighted by molar-refractivity contribution is 0.577. The van der Waals surface area contributed by atoms with Gasteiger partial charge in [-0.25, -0.2) is 13.4 Å². The highest BCUT2D eigenvalue weighted by Crippen LogP contribution is 2.19. The molecule has 0 aliphatic carbocycles. The molecule has 0 bridgehead atoms. The summed E-state index contributed by atoms with van der Waals surface area (Å²) in [6.07, 6.45) is 5.44. The van der Waals surface area contributed by atoms with Crippen LogP contribution in [0.2, 0.25) is 0 Å². The van der Waals surface area contributed by atoms with Crippen molar-refractivity contribution in [3.05, 3.63) is 48.0 Å². The minimum absolute atomic E-state index is 0.0970. The SMILES string of the molecule is CNC(Cc1ncc[nH]1)c1ccc(S(C)(=O)=O)cc1. The van der Waals surface area contributed by atoms with Crippen molar-refractivity contribution < 1.29 is 8.42 Å². The van der Waals surface area contributed by atoms with Gasteiger partial charge < -0.3 is 10.3 Å². The molecular weight excluding hydrogens is 262 g/mol. The lowest BCUT2D eigenvalue weighted by Crippen LogP contribution is -2.19. The van der Waals surface area contributed by atoms with Gasteiger partial charge >= 0.3 is 0 Å². The van der Waals surface area contributed by atoms with Gasteiger partial charge in [0.2, 0.25) is 0 Å². The summed E-state index contributed by atoms with van der Waals surface area (Å²) in [6, 6.07) is 7.04. The maximum atomic E-state index is 11.4. The first-order valence-electron chi connectivity index (χ1n) is 5.96. The van der Waals surface area contributed by atoms with E-state index in [0.29, 0.717) is 4.90 Å². The number of nitrogens with one attached hydrogen (secondary N) is 2. The molecule has 0 saturated carbocycles. The molecule has 0 aliphatic heterocycles. The molecule has 1 aromatic heterocycles. The van der Waals surface area contributed by atoms with Crippen molar-refractivity contribution in [1.29, 1.82) is 0 Å². The van der Waals surface area contributed by atoms with Gasteiger partial charge in [0.15, 0.2) is 9.84 Å². The van der Waals surface area contributed by atoms with E-state index in [1.807, 2.05) is 19.2 Å². The third-order valence-electron chi connectivity index (χ3n) is 3.01. The first-order valence-corrected chi connectivity index (χ1v) is 7.85. The van der Waals surface area contributed by atoms with Crippen molar-refractivity contribution >= 4 is 9.84 Å². The Morgan fingerprint density at radius 3 is 2.47 bits per heavy atom. The van der Waals surface area contributed by atoms with Gasteiger partial charge in [-0.2, -0.15) is 0 Å². The molecule has 0 amide bonds. The van der Waals surface area contributed by atoms with Crippen molar-refractivity contribution in [2.24, 2.45) is 0 Å². The number of rotatable bonds is 5. The van der Waals surface area contributed by atoms with Gasteiger partial charge in [0, 0.05) is 31.1 Å². The summed E-state index contributed by atoms with van der Waals surface area (Å²) in [5, 5.41) is 3.21. The Labute approximate surface area is 113 Å². The summed E-state index contributed by atoms with van der Waals surface area (Å²) >= 11 is 0. The molecule has 0 spiro atoms. The molecule has 2 aromatic rings. The van der Waals surface area contributed by atoms with E-state index in [9.17, 15) is 8.42 Å². The third-order valence-corrected chi connectivity index (χ3v) is 4.14. The summed E-state index contributed by atoms with van der Waals surface area (Å²) in [4.78, 5) is 7.59. The summed E-state index contributed by atoms with van der Waals surface area (Å²) < 4.78 is 22.8. The molecule has 5 nitrogen and oxygen atoms in total. The highest BCUT2D eigenvalue weighted by molar-refractivity contribution is 7.90. The van der Waals surface area contributed by atoms with Gasteiger partial charge in [-0.05, 0) is 24.7 Å². The van der Waals surface area contributed by atoms with Crippen LogP contribution in [0.4, 0.5) is 0 Å². The Morgan fingerprint density at radius 2 is 2.00 bits per heavy atom. The van der Waals surface area contributed by atoms with Gasteiger partial charge in [-0.15, -0.1) is 0 Å². The van der Waals surface area contributed by atoms with Gasteiger partial charge in [0.05, 0.1) is 4.90 Å². The molecule has 19 heavy (non-hydrogen) atoms. The molecule has 1 aromatic carbocycles. The number of aromatic amines is 1. The maximum absolute atomic E-state index is 11.4. The Bertz CT molecular complexity index is 618. The van der Waals surface area contributed by atoms with Crippen LogP contribution >= 0.6 is 0 Å². The molecule has 102 valence electrons. The number of imidazole rings is 1. The molecular formula is C13H17N3O2S. The standard InChI is InChI=1S/C13H17N3O2S/c1-14-12(9-13-15-7-8-16-13)10-3-5-11(6-4-10)19(2,17)18/h3-8,12,14H,9H2,1-2H3,(H,15,16). The van der Waals surface area contributed by atoms with Crippen LogP contribution in [-0.4, -0.2) is 31.7 Å². The van der Waals surface area contributed by atoms with E-state index < -0.39 is 9.84 Å². The number of aromatic nitrogens is 2. The zero-order chi connectivity index (χ0) is 13.9. The lowest BCUT2D eigenvalue weighted by Gasteiger charge is -2.15. The highest BCUT2D eigenvalue weighted by Gasteiger charge is 2.13. The van der Waals surface area contributed by atoms with Crippen LogP contribution in [-0.2, 0) is 16.3 Å². The van der Waals surface area contributed by atoms with Crippen LogP contribution in [0.15, 0.2) is 41.6 Å². The molecule has 2 N–H and O–H groups in total. The first-order chi connectivity index (χ1) is 9.00. The van der Waals surface area contributed by atoms with Crippen molar-refractivity contribution in [2.75, 3.05) is 13.3 Å². The van der Waals surface area contributed by atoms with E-state index in [4.69, 9.17) is 0 Å². The van der Waals surface area contributed by atoms with E-state index in [2.05, 4.69) is 15.3 Å². The second-order valence-electron chi connectivity index (χ2n) is 4.42. The predicted molar refractivity (Wildman–Crippen MR) is 73.6 cm³/mol. The van der Waals surface area contributed by atoms with E-state index in [-0.39, 0.29) is 6.04 Å². The second-order valence-corrected chi connectivity index (χ2v) is 6.44. The quantitative estimate of drug-likeness (QED) is 0.865. The van der Waals surface area contributed by atoms with Crippen molar-refractivity contribution in [3.8, 4) is 0 Å². The van der Waals surface area contributed by atoms with E-state index in [0.717, 1.165) is 17.8 Å². The number of nitrogens with zero attached hydrogens (tertiary/aromatic N) is 1. The molecule has 6 heteroatoms. The number of benzene rings is 1. The summed E-state index contributed by atoms with van der Waals surface area (Å²) in [7, 11) is -1.27. The van der Waals surface area contributed by atoms with Crippen LogP contribution < -0.4 is 5.32 Å². The van der Waals surface area contributed by atoms with Gasteiger partial charge in [0.1, 0.15) is 5.82 Å². The first kappa shape index (κ1) is 13.8. The molecule has 1 unspecified atom stereocenters. The zero-order valence-electron chi connectivity index (χ0n) is 10.9. The number of hydrogen-bond donors (Lipinski definition) is 2. The number of sulfone groups is 1. The van der Waals surface area contributed by atoms with Gasteiger partial charge in [-0.1, -0.05) is 12.1 Å². The number of hydrogen-bond acceptors (Lipinski definition) is 4. The second kappa shape index (κ2) is 5.54. The summed E-state index contributed by atoms with van der Waals surface area (Å²) in [5.41, 5.74) is 1.03. The normalized spacial score (nSPS) is 13.4. The Hall–Kier alpha value is -1.66. The molecule has 2 rings (SSSR count). The molecule has 0 fully saturated rings. The number of H-pyrrole nitrogens is 1. The van der Waals surface area contributed by atoms with Gasteiger partial charge in [0.25, 0.3) is 0 Å². The van der Waals surface area contributed by atoms with Crippen LogP contribution in [0.3, 0.4) is 0 Å². The zero-order valence-corrected chi connectivity index (χ0v) is 11.7. The smallest absolute Gasteiger partial charge is 0.175 e. The minimum Gasteiger partial charge on any atom is -0.349 e. The van der Waals surface area contributed by atoms with Crippen molar-refractivity contribution in [1.82, 2.24) is 15.3 Å². The number of likely N-dealkylation sites (N-methyl/N-ethyl adjacent to an activating group) is 1. The van der Waals surface area contributed by atoms with Crippen molar-refractivity contribution in [3.63, 3.8) is 0 Å². The molecule has 0 saturated heterocycles. The summed E-state index contributed by atoms with van der Waals surface area (Å²) in [5.74, 6) is 0.895. The molecule has 0 aliphatic rings. The molecule has 1 atom stereocenters. The fraction of sp³-hybridized carbons (Fsp3) is 0.308. The summed E-state index contributed by atoms with van der Waals surface area (Å²) in [6.45, 7) is 0. The van der Waals surface area contributed by atoms with Crippen molar-refractivity contribution in [2.45, 2.75) is 17.4 Å². The molecule has 0 radical (unpaired) electrons. The van der Waals surface area contributed by atoms with Crippen LogP contribution in [0.1, 0.15) is 17.4 Å². The average Bonchev–Trinajstić information content (AvgIpc) is 2.88. The van der Waals surface area contributed by atoms with Crippen LogP contribution in [0.5, 0.6) is 0 Å². The fourth-order valence-electron chi connectivity index (χ4n) is 1.94. The monoisotopic (exact) mass is 279 g/mol. The van der Waals surface area contributed by atoms with Crippen LogP contribution in [0.25, 0.3) is 0 Å². The minimum atomic E-state index is -3.14. The Balaban J connectivity index is 2.20. The highest BCUT2D eigenvalue weighted by atomic mass is 32.2. The van der Waals surface area contributed by atoms with E-state index in [1.54, 1.807) is 24.5 Å². The maximum Gasteiger partial charge on any atom is 0.175 e. The van der Waals surface area contributed by atoms with E-state index >= 15 is 0 Å². The third kappa shape index (κ3) is 3.42. The average molecular weight is 279 g/mol. The Morgan fingerprint density at radius 1 is 1.32 bits per heavy atom. The topological polar surface area (TPSA) is 74.8 Å². The predicted octanol–water partition coefficient (Wildman–Crippen LogP) is 1.32. The fourth-order valence-corrected chi connectivity index (χ4v) is 2.57.